The van der Waals surface area contributed by atoms with Gasteiger partial charge in [-0.05, 0) is 53.6 Å². The molecular weight excluding hydrogens is 276 g/mol. The Bertz CT molecular complexity index is 203. The maximum absolute atomic E-state index is 9.11. The Morgan fingerprint density at radius 2 is 1.45 bits per heavy atom. The van der Waals surface area contributed by atoms with Gasteiger partial charge in [0.25, 0.3) is 0 Å². The van der Waals surface area contributed by atoms with Crippen LogP contribution in [0.5, 0.6) is 0 Å². The Balaban J connectivity index is 0. The standard InChI is InChI=1S/C9H21NO.C5H13N.C4H8O/c1-4-5-6-7-10-8(2)9(3)11;1-2-3-4-5-6;1-3-4(2)5-3/h8-11H,4-7H2,1-3H3;2-6H2,1H3;3-4H,1-2H3. The van der Waals surface area contributed by atoms with Gasteiger partial charge in [-0.15, -0.1) is 0 Å². The summed E-state index contributed by atoms with van der Waals surface area (Å²) in [6.45, 7) is 14.2. The molecule has 0 saturated carbocycles. The molecule has 0 amide bonds. The summed E-state index contributed by atoms with van der Waals surface area (Å²) >= 11 is 0. The van der Waals surface area contributed by atoms with Crippen LogP contribution < -0.4 is 11.1 Å². The minimum Gasteiger partial charge on any atom is -0.392 e. The number of ether oxygens (including phenoxy) is 1. The summed E-state index contributed by atoms with van der Waals surface area (Å²) in [4.78, 5) is 0. The number of nitrogens with one attached hydrogen (secondary N) is 1. The molecule has 1 aliphatic rings. The molecule has 1 saturated heterocycles. The van der Waals surface area contributed by atoms with Gasteiger partial charge in [-0.25, -0.2) is 0 Å². The molecule has 4 heteroatoms. The maximum Gasteiger partial charge on any atom is 0.0811 e. The van der Waals surface area contributed by atoms with Crippen LogP contribution in [-0.2, 0) is 4.74 Å². The predicted octanol–water partition coefficient (Wildman–Crippen LogP) is 3.46. The van der Waals surface area contributed by atoms with E-state index in [2.05, 4.69) is 33.0 Å². The van der Waals surface area contributed by atoms with Crippen molar-refractivity contribution in [1.29, 1.82) is 0 Å². The van der Waals surface area contributed by atoms with E-state index in [1.54, 1.807) is 0 Å². The van der Waals surface area contributed by atoms with Crippen LogP contribution in [0.25, 0.3) is 0 Å². The lowest BCUT2D eigenvalue weighted by molar-refractivity contribution is 0.153. The summed E-state index contributed by atoms with van der Waals surface area (Å²) in [7, 11) is 0. The fourth-order valence-electron chi connectivity index (χ4n) is 1.56. The van der Waals surface area contributed by atoms with E-state index in [0.29, 0.717) is 12.2 Å². The molecule has 4 atom stereocenters. The van der Waals surface area contributed by atoms with Gasteiger partial charge in [-0.3, -0.25) is 0 Å². The molecular formula is C18H42N2O2. The highest BCUT2D eigenvalue weighted by Gasteiger charge is 2.27. The Hall–Kier alpha value is -0.160. The van der Waals surface area contributed by atoms with Crippen molar-refractivity contribution >= 4 is 0 Å². The molecule has 0 radical (unpaired) electrons. The van der Waals surface area contributed by atoms with Crippen molar-refractivity contribution in [2.24, 2.45) is 5.73 Å². The van der Waals surface area contributed by atoms with Gasteiger partial charge in [0.05, 0.1) is 18.3 Å². The number of aliphatic hydroxyl groups excluding tert-OH is 1. The van der Waals surface area contributed by atoms with E-state index in [4.69, 9.17) is 15.6 Å². The molecule has 22 heavy (non-hydrogen) atoms. The zero-order chi connectivity index (χ0) is 17.4. The molecule has 0 aromatic heterocycles. The third kappa shape index (κ3) is 19.8. The normalized spacial score (nSPS) is 21.8. The van der Waals surface area contributed by atoms with Gasteiger partial charge in [-0.1, -0.05) is 39.5 Å². The Kier molecular flexibility index (Phi) is 18.8. The first-order chi connectivity index (χ1) is 10.4. The van der Waals surface area contributed by atoms with E-state index in [1.807, 2.05) is 13.8 Å². The van der Waals surface area contributed by atoms with Crippen molar-refractivity contribution < 1.29 is 9.84 Å². The quantitative estimate of drug-likeness (QED) is 0.450. The second-order valence-electron chi connectivity index (χ2n) is 6.23. The fraction of sp³-hybridized carbons (Fsp3) is 1.00. The van der Waals surface area contributed by atoms with Gasteiger partial charge in [0.1, 0.15) is 0 Å². The molecule has 4 nitrogen and oxygen atoms in total. The molecule has 136 valence electrons. The topological polar surface area (TPSA) is 70.8 Å². The van der Waals surface area contributed by atoms with Crippen LogP contribution in [0.4, 0.5) is 0 Å². The molecule has 1 fully saturated rings. The number of rotatable bonds is 9. The SMILES string of the molecule is CC1OC1C.CCCCCN.CCCCCNC(C)C(C)O. The summed E-state index contributed by atoms with van der Waals surface area (Å²) in [6, 6.07) is 0.229. The highest BCUT2D eigenvalue weighted by Crippen LogP contribution is 2.18. The zero-order valence-electron chi connectivity index (χ0n) is 15.9. The van der Waals surface area contributed by atoms with E-state index < -0.39 is 0 Å². The second-order valence-corrected chi connectivity index (χ2v) is 6.23. The van der Waals surface area contributed by atoms with E-state index in [0.717, 1.165) is 13.1 Å². The fourth-order valence-corrected chi connectivity index (χ4v) is 1.56. The number of hydrogen-bond donors (Lipinski definition) is 3. The largest absolute Gasteiger partial charge is 0.392 e. The van der Waals surface area contributed by atoms with Gasteiger partial charge in [-0.2, -0.15) is 0 Å². The molecule has 1 rings (SSSR count). The number of nitrogens with two attached hydrogens (primary N) is 1. The van der Waals surface area contributed by atoms with Crippen molar-refractivity contribution in [2.75, 3.05) is 13.1 Å². The summed E-state index contributed by atoms with van der Waals surface area (Å²) in [5, 5.41) is 12.4. The predicted molar refractivity (Wildman–Crippen MR) is 97.3 cm³/mol. The first-order valence-electron chi connectivity index (χ1n) is 9.17. The molecule has 1 heterocycles. The summed E-state index contributed by atoms with van der Waals surface area (Å²) in [5.41, 5.74) is 5.21. The number of unbranched alkanes of at least 4 members (excludes halogenated alkanes) is 4. The highest BCUT2D eigenvalue weighted by molar-refractivity contribution is 4.73. The third-order valence-corrected chi connectivity index (χ3v) is 3.79. The number of epoxide rings is 1. The monoisotopic (exact) mass is 318 g/mol. The molecule has 4 N–H and O–H groups in total. The lowest BCUT2D eigenvalue weighted by Crippen LogP contribution is -2.35. The molecule has 0 aliphatic carbocycles. The summed E-state index contributed by atoms with van der Waals surface area (Å²) < 4.78 is 4.92. The average molecular weight is 319 g/mol. The lowest BCUT2D eigenvalue weighted by atomic mass is 10.2. The number of aliphatic hydroxyl groups is 1. The molecule has 4 unspecified atom stereocenters. The smallest absolute Gasteiger partial charge is 0.0811 e. The Labute approximate surface area is 139 Å². The van der Waals surface area contributed by atoms with E-state index in [1.165, 1.54) is 38.5 Å². The highest BCUT2D eigenvalue weighted by atomic mass is 16.6. The summed E-state index contributed by atoms with van der Waals surface area (Å²) in [5.74, 6) is 0. The molecule has 0 spiro atoms. The van der Waals surface area contributed by atoms with Crippen LogP contribution in [0.3, 0.4) is 0 Å². The molecule has 0 aromatic carbocycles. The lowest BCUT2D eigenvalue weighted by Gasteiger charge is -2.15. The minimum absolute atomic E-state index is 0.229. The van der Waals surface area contributed by atoms with Crippen molar-refractivity contribution in [1.82, 2.24) is 5.32 Å². The van der Waals surface area contributed by atoms with Gasteiger partial charge in [0.2, 0.25) is 0 Å². The van der Waals surface area contributed by atoms with E-state index in [9.17, 15) is 0 Å². The van der Waals surface area contributed by atoms with Crippen molar-refractivity contribution in [3.8, 4) is 0 Å². The third-order valence-electron chi connectivity index (χ3n) is 3.79. The van der Waals surface area contributed by atoms with Gasteiger partial charge in [0.15, 0.2) is 0 Å². The van der Waals surface area contributed by atoms with Crippen LogP contribution >= 0.6 is 0 Å². The first kappa shape index (κ1) is 24.1. The van der Waals surface area contributed by atoms with E-state index in [-0.39, 0.29) is 12.1 Å². The Morgan fingerprint density at radius 3 is 1.73 bits per heavy atom. The van der Waals surface area contributed by atoms with Gasteiger partial charge in [0, 0.05) is 6.04 Å². The van der Waals surface area contributed by atoms with Crippen molar-refractivity contribution in [3.05, 3.63) is 0 Å². The van der Waals surface area contributed by atoms with Crippen molar-refractivity contribution in [2.45, 2.75) is 104 Å². The molecule has 1 aliphatic heterocycles. The van der Waals surface area contributed by atoms with Crippen LogP contribution in [0.2, 0.25) is 0 Å². The second kappa shape index (κ2) is 17.2. The Morgan fingerprint density at radius 1 is 1.00 bits per heavy atom. The van der Waals surface area contributed by atoms with Crippen LogP contribution in [-0.4, -0.2) is 42.5 Å². The van der Waals surface area contributed by atoms with E-state index >= 15 is 0 Å². The van der Waals surface area contributed by atoms with Gasteiger partial charge < -0.3 is 20.9 Å². The molecule has 0 aromatic rings. The minimum atomic E-state index is -0.239. The van der Waals surface area contributed by atoms with Crippen LogP contribution in [0.1, 0.15) is 80.1 Å². The first-order valence-corrected chi connectivity index (χ1v) is 9.17. The van der Waals surface area contributed by atoms with Crippen LogP contribution in [0, 0.1) is 0 Å². The number of hydrogen-bond acceptors (Lipinski definition) is 4. The van der Waals surface area contributed by atoms with Gasteiger partial charge >= 0.3 is 0 Å². The molecule has 0 bridgehead atoms. The summed E-state index contributed by atoms with van der Waals surface area (Å²) in [6.07, 6.45) is 8.36. The zero-order valence-corrected chi connectivity index (χ0v) is 15.9. The maximum atomic E-state index is 9.11. The average Bonchev–Trinajstić information content (AvgIpc) is 3.15. The van der Waals surface area contributed by atoms with Crippen LogP contribution in [0.15, 0.2) is 0 Å². The van der Waals surface area contributed by atoms with Crippen molar-refractivity contribution in [3.63, 3.8) is 0 Å².